The Morgan fingerprint density at radius 1 is 1.14 bits per heavy atom. The van der Waals surface area contributed by atoms with Crippen molar-refractivity contribution in [2.45, 2.75) is 0 Å². The number of nitrogens with two attached hydrogens (primary N) is 1. The van der Waals surface area contributed by atoms with Crippen LogP contribution in [0.15, 0.2) is 36.4 Å². The highest BCUT2D eigenvalue weighted by Crippen LogP contribution is 2.24. The van der Waals surface area contributed by atoms with Gasteiger partial charge in [0.25, 0.3) is 5.91 Å². The Balaban J connectivity index is 2.36. The van der Waals surface area contributed by atoms with Crippen LogP contribution in [0.2, 0.25) is 0 Å². The first-order valence-electron chi connectivity index (χ1n) is 5.81. The van der Waals surface area contributed by atoms with Crippen LogP contribution in [0.4, 0.5) is 10.1 Å². The van der Waals surface area contributed by atoms with Crippen molar-refractivity contribution in [3.05, 3.63) is 53.3 Å². The van der Waals surface area contributed by atoms with Crippen molar-refractivity contribution in [2.75, 3.05) is 5.32 Å². The van der Waals surface area contributed by atoms with Crippen LogP contribution in [-0.4, -0.2) is 21.1 Å². The lowest BCUT2D eigenvalue weighted by Gasteiger charge is -2.11. The number of anilines is 1. The third kappa shape index (κ3) is 3.26. The Kier molecular flexibility index (Phi) is 4.04. The Morgan fingerprint density at radius 2 is 1.86 bits per heavy atom. The van der Waals surface area contributed by atoms with E-state index in [1.54, 1.807) is 0 Å². The molecule has 0 spiro atoms. The fraction of sp³-hybridized carbons (Fsp3) is 0. The molecule has 21 heavy (non-hydrogen) atoms. The van der Waals surface area contributed by atoms with Gasteiger partial charge in [0.1, 0.15) is 22.3 Å². The molecule has 0 bridgehead atoms. The number of phenols is 2. The summed E-state index contributed by atoms with van der Waals surface area (Å²) in [7, 11) is 0. The predicted octanol–water partition coefficient (Wildman–Crippen LogP) is 2.12. The molecule has 2 rings (SSSR count). The Bertz CT molecular complexity index is 734. The molecule has 0 fully saturated rings. The summed E-state index contributed by atoms with van der Waals surface area (Å²) in [6.45, 7) is 0. The van der Waals surface area contributed by atoms with E-state index in [1.165, 1.54) is 18.2 Å². The van der Waals surface area contributed by atoms with Gasteiger partial charge in [-0.3, -0.25) is 4.79 Å². The van der Waals surface area contributed by atoms with Crippen LogP contribution in [0.5, 0.6) is 11.5 Å². The van der Waals surface area contributed by atoms with E-state index >= 15 is 0 Å². The van der Waals surface area contributed by atoms with E-state index < -0.39 is 11.7 Å². The number of halogens is 1. The summed E-state index contributed by atoms with van der Waals surface area (Å²) in [5, 5.41) is 21.4. The molecular weight excluding hydrogens is 295 g/mol. The molecule has 0 aromatic heterocycles. The maximum absolute atomic E-state index is 13.2. The molecule has 0 saturated carbocycles. The quantitative estimate of drug-likeness (QED) is 0.514. The molecule has 2 aromatic carbocycles. The molecule has 0 saturated heterocycles. The fourth-order valence-electron chi connectivity index (χ4n) is 1.72. The van der Waals surface area contributed by atoms with Gasteiger partial charge >= 0.3 is 0 Å². The first-order valence-corrected chi connectivity index (χ1v) is 6.22. The number of carbonyl (C=O) groups excluding carboxylic acids is 1. The molecule has 0 aliphatic heterocycles. The first kappa shape index (κ1) is 14.7. The molecule has 5 N–H and O–H groups in total. The van der Waals surface area contributed by atoms with Crippen LogP contribution in [0.25, 0.3) is 0 Å². The summed E-state index contributed by atoms with van der Waals surface area (Å²) in [4.78, 5) is 12.0. The summed E-state index contributed by atoms with van der Waals surface area (Å²) in [6, 6.07) is 7.07. The zero-order chi connectivity index (χ0) is 15.6. The van der Waals surface area contributed by atoms with Crippen LogP contribution < -0.4 is 11.1 Å². The van der Waals surface area contributed by atoms with Crippen molar-refractivity contribution >= 4 is 28.8 Å². The number of hydrogen-bond acceptors (Lipinski definition) is 4. The monoisotopic (exact) mass is 306 g/mol. The standard InChI is InChI=1S/C14H11FN2O3S/c15-7-1-3-11(9(5-7)13(16)21)17-14(20)10-6-8(18)2-4-12(10)19/h1-6,18-19H,(H2,16,21)(H,17,20). The van der Waals surface area contributed by atoms with Crippen molar-refractivity contribution in [1.82, 2.24) is 0 Å². The van der Waals surface area contributed by atoms with Crippen LogP contribution >= 0.6 is 12.2 Å². The highest BCUT2D eigenvalue weighted by Gasteiger charge is 2.15. The average Bonchev–Trinajstić information content (AvgIpc) is 2.43. The molecule has 7 heteroatoms. The Morgan fingerprint density at radius 3 is 2.52 bits per heavy atom. The van der Waals surface area contributed by atoms with Crippen molar-refractivity contribution in [3.63, 3.8) is 0 Å². The smallest absolute Gasteiger partial charge is 0.259 e. The fourth-order valence-corrected chi connectivity index (χ4v) is 1.89. The molecule has 5 nitrogen and oxygen atoms in total. The van der Waals surface area contributed by atoms with E-state index in [9.17, 15) is 19.4 Å². The summed E-state index contributed by atoms with van der Waals surface area (Å²) in [5.41, 5.74) is 5.71. The molecule has 0 radical (unpaired) electrons. The predicted molar refractivity (Wildman–Crippen MR) is 80.0 cm³/mol. The first-order chi connectivity index (χ1) is 9.88. The minimum absolute atomic E-state index is 0.0788. The van der Waals surface area contributed by atoms with Crippen LogP contribution in [-0.2, 0) is 0 Å². The zero-order valence-electron chi connectivity index (χ0n) is 10.6. The molecule has 108 valence electrons. The maximum Gasteiger partial charge on any atom is 0.259 e. The highest BCUT2D eigenvalue weighted by molar-refractivity contribution is 7.80. The zero-order valence-corrected chi connectivity index (χ0v) is 11.4. The van der Waals surface area contributed by atoms with Crippen LogP contribution in [0.3, 0.4) is 0 Å². The number of hydrogen-bond donors (Lipinski definition) is 4. The molecule has 0 unspecified atom stereocenters. The van der Waals surface area contributed by atoms with Gasteiger partial charge in [0.15, 0.2) is 0 Å². The summed E-state index contributed by atoms with van der Waals surface area (Å²) >= 11 is 4.80. The summed E-state index contributed by atoms with van der Waals surface area (Å²) in [6.07, 6.45) is 0. The lowest BCUT2D eigenvalue weighted by molar-refractivity contribution is 0.102. The summed E-state index contributed by atoms with van der Waals surface area (Å²) < 4.78 is 13.2. The Hall–Kier alpha value is -2.67. The van der Waals surface area contributed by atoms with Crippen molar-refractivity contribution in [1.29, 1.82) is 0 Å². The lowest BCUT2D eigenvalue weighted by atomic mass is 10.1. The molecule has 1 amide bonds. The van der Waals surface area contributed by atoms with Gasteiger partial charge in [0.05, 0.1) is 11.3 Å². The van der Waals surface area contributed by atoms with E-state index in [2.05, 4.69) is 5.32 Å². The molecule has 0 atom stereocenters. The number of aromatic hydroxyl groups is 2. The normalized spacial score (nSPS) is 10.1. The Labute approximate surface area is 124 Å². The van der Waals surface area contributed by atoms with E-state index in [0.29, 0.717) is 0 Å². The second-order valence-electron chi connectivity index (χ2n) is 4.21. The second-order valence-corrected chi connectivity index (χ2v) is 4.65. The van der Waals surface area contributed by atoms with E-state index in [4.69, 9.17) is 18.0 Å². The number of thiocarbonyl (C=S) groups is 1. The maximum atomic E-state index is 13.2. The van der Waals surface area contributed by atoms with Crippen LogP contribution in [0.1, 0.15) is 15.9 Å². The van der Waals surface area contributed by atoms with Crippen LogP contribution in [0, 0.1) is 5.82 Å². The average molecular weight is 306 g/mol. The number of phenolic OH excluding ortho intramolecular Hbond substituents is 2. The SMILES string of the molecule is NC(=S)c1cc(F)ccc1NC(=O)c1cc(O)ccc1O. The highest BCUT2D eigenvalue weighted by atomic mass is 32.1. The number of rotatable bonds is 3. The molecule has 0 aliphatic rings. The minimum Gasteiger partial charge on any atom is -0.508 e. The largest absolute Gasteiger partial charge is 0.508 e. The number of carbonyl (C=O) groups is 1. The van der Waals surface area contributed by atoms with Crippen molar-refractivity contribution in [2.24, 2.45) is 5.73 Å². The van der Waals surface area contributed by atoms with Gasteiger partial charge in [-0.2, -0.15) is 0 Å². The van der Waals surface area contributed by atoms with E-state index in [-0.39, 0.29) is 33.3 Å². The third-order valence-corrected chi connectivity index (χ3v) is 2.94. The van der Waals surface area contributed by atoms with E-state index in [1.807, 2.05) is 0 Å². The molecular formula is C14H11FN2O3S. The van der Waals surface area contributed by atoms with Crippen molar-refractivity contribution in [3.8, 4) is 11.5 Å². The van der Waals surface area contributed by atoms with Crippen molar-refractivity contribution < 1.29 is 19.4 Å². The van der Waals surface area contributed by atoms with Gasteiger partial charge < -0.3 is 21.3 Å². The number of benzene rings is 2. The third-order valence-electron chi connectivity index (χ3n) is 2.72. The van der Waals surface area contributed by atoms with Gasteiger partial charge in [-0.15, -0.1) is 0 Å². The van der Waals surface area contributed by atoms with Gasteiger partial charge in [0, 0.05) is 5.56 Å². The van der Waals surface area contributed by atoms with Gasteiger partial charge in [-0.05, 0) is 36.4 Å². The number of amides is 1. The van der Waals surface area contributed by atoms with Gasteiger partial charge in [-0.25, -0.2) is 4.39 Å². The lowest BCUT2D eigenvalue weighted by Crippen LogP contribution is -2.18. The molecule has 0 heterocycles. The molecule has 0 aliphatic carbocycles. The minimum atomic E-state index is -0.687. The molecule has 2 aromatic rings. The topological polar surface area (TPSA) is 95.6 Å². The summed E-state index contributed by atoms with van der Waals surface area (Å²) in [5.74, 6) is -1.71. The number of nitrogens with one attached hydrogen (secondary N) is 1. The van der Waals surface area contributed by atoms with Gasteiger partial charge in [0.2, 0.25) is 0 Å². The second kappa shape index (κ2) is 5.76. The van der Waals surface area contributed by atoms with Gasteiger partial charge in [-0.1, -0.05) is 12.2 Å². The van der Waals surface area contributed by atoms with E-state index in [0.717, 1.165) is 18.2 Å².